The van der Waals surface area contributed by atoms with Crippen LogP contribution in [0.3, 0.4) is 0 Å². The van der Waals surface area contributed by atoms with Crippen LogP contribution in [0.4, 0.5) is 5.82 Å². The quantitative estimate of drug-likeness (QED) is 0.347. The van der Waals surface area contributed by atoms with Crippen LogP contribution in [-0.4, -0.2) is 37.8 Å². The van der Waals surface area contributed by atoms with Crippen molar-refractivity contribution in [2.45, 2.75) is 38.1 Å². The molecule has 0 spiro atoms. The van der Waals surface area contributed by atoms with Crippen molar-refractivity contribution in [1.82, 2.24) is 24.9 Å². The molecule has 4 N–H and O–H groups in total. The van der Waals surface area contributed by atoms with Gasteiger partial charge in [-0.05, 0) is 31.0 Å². The van der Waals surface area contributed by atoms with Crippen molar-refractivity contribution in [1.29, 1.82) is 0 Å². The number of nitrogens with two attached hydrogens (primary N) is 1. The average molecular weight is 452 g/mol. The maximum Gasteiger partial charge on any atom is 0.257 e. The zero-order chi connectivity index (χ0) is 23.1. The van der Waals surface area contributed by atoms with Gasteiger partial charge in [0.1, 0.15) is 16.9 Å². The van der Waals surface area contributed by atoms with E-state index in [0.29, 0.717) is 22.2 Å². The summed E-state index contributed by atoms with van der Waals surface area (Å²) in [6.07, 6.45) is 9.06. The molecule has 5 aromatic rings. The van der Waals surface area contributed by atoms with Crippen molar-refractivity contribution in [3.8, 4) is 0 Å². The third kappa shape index (κ3) is 3.48. The smallest absolute Gasteiger partial charge is 0.257 e. The third-order valence-electron chi connectivity index (χ3n) is 6.57. The number of nitrogens with one attached hydrogen (secondary N) is 2. The Morgan fingerprint density at radius 2 is 1.79 bits per heavy atom. The maximum absolute atomic E-state index is 13.4. The van der Waals surface area contributed by atoms with Gasteiger partial charge in [-0.2, -0.15) is 9.78 Å². The summed E-state index contributed by atoms with van der Waals surface area (Å²) >= 11 is 0. The number of hydrogen-bond acceptors (Lipinski definition) is 5. The summed E-state index contributed by atoms with van der Waals surface area (Å²) in [6, 6.07) is 15.7. The van der Waals surface area contributed by atoms with E-state index < -0.39 is 0 Å². The Kier molecular flexibility index (Phi) is 4.98. The van der Waals surface area contributed by atoms with E-state index in [1.54, 1.807) is 6.21 Å². The Morgan fingerprint density at radius 3 is 2.62 bits per heavy atom. The minimum absolute atomic E-state index is 0.155. The summed E-state index contributed by atoms with van der Waals surface area (Å²) in [6.45, 7) is 0. The Bertz CT molecular complexity index is 1560. The lowest BCUT2D eigenvalue weighted by Crippen LogP contribution is -2.36. The molecule has 0 radical (unpaired) electrons. The lowest BCUT2D eigenvalue weighted by molar-refractivity contribution is 0.0930. The van der Waals surface area contributed by atoms with Gasteiger partial charge in [-0.1, -0.05) is 49.6 Å². The molecule has 8 heteroatoms. The monoisotopic (exact) mass is 451 g/mol. The second kappa shape index (κ2) is 8.30. The van der Waals surface area contributed by atoms with E-state index in [-0.39, 0.29) is 17.8 Å². The van der Waals surface area contributed by atoms with Crippen LogP contribution in [0.1, 0.15) is 48.0 Å². The number of rotatable bonds is 4. The molecule has 8 nitrogen and oxygen atoms in total. The minimum Gasteiger partial charge on any atom is -0.383 e. The predicted molar refractivity (Wildman–Crippen MR) is 135 cm³/mol. The fourth-order valence-electron chi connectivity index (χ4n) is 4.81. The molecule has 1 fully saturated rings. The number of amides is 1. The summed E-state index contributed by atoms with van der Waals surface area (Å²) in [7, 11) is 0. The number of H-pyrrole nitrogens is 1. The van der Waals surface area contributed by atoms with Gasteiger partial charge in [0, 0.05) is 28.7 Å². The van der Waals surface area contributed by atoms with Gasteiger partial charge in [-0.25, -0.2) is 9.97 Å². The van der Waals surface area contributed by atoms with Crippen LogP contribution in [0.5, 0.6) is 0 Å². The fourth-order valence-corrected chi connectivity index (χ4v) is 4.81. The molecule has 0 bridgehead atoms. The van der Waals surface area contributed by atoms with E-state index in [1.165, 1.54) is 11.1 Å². The van der Waals surface area contributed by atoms with Crippen LogP contribution < -0.4 is 11.1 Å². The summed E-state index contributed by atoms with van der Waals surface area (Å²) in [5, 5.41) is 8.86. The second-order valence-corrected chi connectivity index (χ2v) is 8.80. The first kappa shape index (κ1) is 20.4. The van der Waals surface area contributed by atoms with Crippen molar-refractivity contribution < 1.29 is 4.79 Å². The largest absolute Gasteiger partial charge is 0.383 e. The Morgan fingerprint density at radius 1 is 1.06 bits per heavy atom. The van der Waals surface area contributed by atoms with Crippen molar-refractivity contribution in [2.75, 3.05) is 5.73 Å². The normalized spacial score (nSPS) is 15.1. The molecule has 0 aliphatic heterocycles. The number of para-hydroxylation sites is 3. The zero-order valence-electron chi connectivity index (χ0n) is 18.7. The number of anilines is 1. The molecule has 1 aliphatic carbocycles. The number of benzene rings is 2. The number of carbonyl (C=O) groups excluding carboxylic acids is 1. The highest BCUT2D eigenvalue weighted by atomic mass is 16.1. The van der Waals surface area contributed by atoms with Crippen molar-refractivity contribution in [2.24, 2.45) is 5.10 Å². The first-order valence-corrected chi connectivity index (χ1v) is 11.7. The topological polar surface area (TPSA) is 114 Å². The zero-order valence-corrected chi connectivity index (χ0v) is 18.7. The molecule has 1 amide bonds. The molecule has 0 saturated heterocycles. The summed E-state index contributed by atoms with van der Waals surface area (Å²) in [4.78, 5) is 26.2. The lowest BCUT2D eigenvalue weighted by Gasteiger charge is -2.22. The molecule has 170 valence electrons. The number of fused-ring (bicyclic) bond motifs is 3. The maximum atomic E-state index is 13.4. The van der Waals surface area contributed by atoms with Gasteiger partial charge in [0.15, 0.2) is 5.65 Å². The van der Waals surface area contributed by atoms with Gasteiger partial charge in [0.05, 0.1) is 17.2 Å². The van der Waals surface area contributed by atoms with Crippen LogP contribution in [0, 0.1) is 0 Å². The van der Waals surface area contributed by atoms with Crippen molar-refractivity contribution >= 4 is 51.0 Å². The van der Waals surface area contributed by atoms with Gasteiger partial charge in [0.2, 0.25) is 0 Å². The average Bonchev–Trinajstić information content (AvgIpc) is 3.39. The van der Waals surface area contributed by atoms with Crippen LogP contribution in [-0.2, 0) is 0 Å². The Balaban J connectivity index is 1.48. The highest BCUT2D eigenvalue weighted by molar-refractivity contribution is 6.11. The number of nitrogen functional groups attached to an aromatic ring is 1. The fraction of sp³-hybridized carbons (Fsp3) is 0.231. The van der Waals surface area contributed by atoms with E-state index in [9.17, 15) is 4.79 Å². The van der Waals surface area contributed by atoms with E-state index in [0.717, 1.165) is 47.7 Å². The van der Waals surface area contributed by atoms with Gasteiger partial charge < -0.3 is 16.0 Å². The molecular weight excluding hydrogens is 426 g/mol. The van der Waals surface area contributed by atoms with E-state index >= 15 is 0 Å². The predicted octanol–water partition coefficient (Wildman–Crippen LogP) is 4.59. The Hall–Kier alpha value is -4.20. The van der Waals surface area contributed by atoms with Crippen LogP contribution >= 0.6 is 0 Å². The molecule has 0 unspecified atom stereocenters. The molecule has 34 heavy (non-hydrogen) atoms. The molecule has 2 aromatic carbocycles. The number of carbonyl (C=O) groups is 1. The standard InChI is InChI=1S/C26H25N7O/c27-24-22(26(34)30-17-8-2-1-3-9-17)23-25(32-21-13-7-6-12-20(21)31-23)33(24)29-15-16-14-28-19-11-5-4-10-18(16)19/h4-7,10-15,17,28H,1-3,8-9,27H2,(H,30,34)/b29-15+. The van der Waals surface area contributed by atoms with Gasteiger partial charge in [-0.3, -0.25) is 4.79 Å². The third-order valence-corrected chi connectivity index (χ3v) is 6.57. The molecular formula is C26H25N7O. The molecule has 0 atom stereocenters. The second-order valence-electron chi connectivity index (χ2n) is 8.80. The number of nitrogens with zero attached hydrogens (tertiary/aromatic N) is 4. The van der Waals surface area contributed by atoms with E-state index in [4.69, 9.17) is 15.7 Å². The first-order valence-electron chi connectivity index (χ1n) is 11.7. The van der Waals surface area contributed by atoms with Crippen molar-refractivity contribution in [3.05, 3.63) is 65.9 Å². The first-order chi connectivity index (χ1) is 16.7. The van der Waals surface area contributed by atoms with E-state index in [2.05, 4.69) is 15.4 Å². The van der Waals surface area contributed by atoms with Crippen LogP contribution in [0.2, 0.25) is 0 Å². The number of aromatic amines is 1. The highest BCUT2D eigenvalue weighted by Crippen LogP contribution is 2.29. The number of aromatic nitrogens is 4. The van der Waals surface area contributed by atoms with Crippen LogP contribution in [0.25, 0.3) is 33.1 Å². The summed E-state index contributed by atoms with van der Waals surface area (Å²) in [5.74, 6) is 0.00901. The Labute approximate surface area is 195 Å². The highest BCUT2D eigenvalue weighted by Gasteiger charge is 2.26. The van der Waals surface area contributed by atoms with E-state index in [1.807, 2.05) is 54.7 Å². The molecule has 1 aliphatic rings. The molecule has 1 saturated carbocycles. The van der Waals surface area contributed by atoms with Crippen molar-refractivity contribution in [3.63, 3.8) is 0 Å². The van der Waals surface area contributed by atoms with Gasteiger partial charge >= 0.3 is 0 Å². The van der Waals surface area contributed by atoms with Gasteiger partial charge in [0.25, 0.3) is 5.91 Å². The minimum atomic E-state index is -0.222. The number of hydrogen-bond donors (Lipinski definition) is 3. The summed E-state index contributed by atoms with van der Waals surface area (Å²) in [5.41, 5.74) is 11.1. The summed E-state index contributed by atoms with van der Waals surface area (Å²) < 4.78 is 1.52. The van der Waals surface area contributed by atoms with Crippen LogP contribution in [0.15, 0.2) is 59.8 Å². The SMILES string of the molecule is Nc1c(C(=O)NC2CCCCC2)c2nc3ccccc3nc2n1/N=C/c1c[nH]c2ccccc12. The molecule has 6 rings (SSSR count). The molecule has 3 aromatic heterocycles. The van der Waals surface area contributed by atoms with Gasteiger partial charge in [-0.15, -0.1) is 0 Å². The molecule has 3 heterocycles. The lowest BCUT2D eigenvalue weighted by atomic mass is 9.95.